The number of hydrogen-bond acceptors (Lipinski definition) is 2. The zero-order chi connectivity index (χ0) is 17.4. The van der Waals surface area contributed by atoms with Crippen LogP contribution < -0.4 is 0 Å². The third-order valence-electron chi connectivity index (χ3n) is 4.65. The Bertz CT molecular complexity index is 649. The Kier molecular flexibility index (Phi) is 7.26. The molecule has 0 unspecified atom stereocenters. The van der Waals surface area contributed by atoms with Gasteiger partial charge >= 0.3 is 0 Å². The van der Waals surface area contributed by atoms with Gasteiger partial charge in [-0.1, -0.05) is 57.5 Å². The van der Waals surface area contributed by atoms with Gasteiger partial charge in [0.05, 0.1) is 0 Å². The summed E-state index contributed by atoms with van der Waals surface area (Å²) in [4.78, 5) is 17.4. The number of amides is 1. The molecule has 0 bridgehead atoms. The maximum atomic E-state index is 13.0. The molecule has 0 aliphatic heterocycles. The van der Waals surface area contributed by atoms with Crippen LogP contribution >= 0.6 is 0 Å². The van der Waals surface area contributed by atoms with E-state index in [1.54, 1.807) is 0 Å². The fraction of sp³-hybridized carbons (Fsp3) is 0.476. The van der Waals surface area contributed by atoms with E-state index in [0.717, 1.165) is 56.5 Å². The smallest absolute Gasteiger partial charge is 0.253 e. The second-order valence-electron chi connectivity index (χ2n) is 6.23. The number of fused-ring (bicyclic) bond motifs is 1. The Morgan fingerprint density at radius 3 is 2.25 bits per heavy atom. The number of carbonyl (C=O) groups excluding carboxylic acids is 1. The minimum atomic E-state index is 0.154. The van der Waals surface area contributed by atoms with Crippen LogP contribution in [0.1, 0.15) is 44.0 Å². The maximum absolute atomic E-state index is 13.0. The molecular weight excluding hydrogens is 296 g/mol. The first kappa shape index (κ1) is 18.5. The summed E-state index contributed by atoms with van der Waals surface area (Å²) in [5, 5.41) is 2.31. The molecule has 0 spiro atoms. The van der Waals surface area contributed by atoms with Crippen molar-refractivity contribution >= 4 is 16.7 Å². The minimum absolute atomic E-state index is 0.154. The fourth-order valence-corrected chi connectivity index (χ4v) is 2.97. The van der Waals surface area contributed by atoms with Crippen LogP contribution in [0.3, 0.4) is 0 Å². The summed E-state index contributed by atoms with van der Waals surface area (Å²) in [6, 6.07) is 14.2. The molecule has 0 aromatic heterocycles. The van der Waals surface area contributed by atoms with Crippen molar-refractivity contribution in [2.24, 2.45) is 0 Å². The van der Waals surface area contributed by atoms with Crippen molar-refractivity contribution in [1.82, 2.24) is 9.80 Å². The molecule has 0 fully saturated rings. The SMILES string of the molecule is CCCCN(CCN(CC)CC)C(=O)c1ccc2ccccc2c1. The van der Waals surface area contributed by atoms with E-state index in [1.807, 2.05) is 35.2 Å². The van der Waals surface area contributed by atoms with Gasteiger partial charge in [-0.05, 0) is 42.4 Å². The standard InChI is InChI=1S/C21H30N2O/c1-4-7-14-23(16-15-22(5-2)6-3)21(24)20-13-12-18-10-8-9-11-19(18)17-20/h8-13,17H,4-7,14-16H2,1-3H3. The Hall–Kier alpha value is -1.87. The van der Waals surface area contributed by atoms with Crippen LogP contribution in [-0.4, -0.2) is 48.4 Å². The third-order valence-corrected chi connectivity index (χ3v) is 4.65. The molecule has 0 saturated heterocycles. The number of hydrogen-bond donors (Lipinski definition) is 0. The minimum Gasteiger partial charge on any atom is -0.337 e. The van der Waals surface area contributed by atoms with Gasteiger partial charge in [0.15, 0.2) is 0 Å². The first-order valence-electron chi connectivity index (χ1n) is 9.20. The molecule has 0 aliphatic rings. The van der Waals surface area contributed by atoms with Crippen LogP contribution in [0.2, 0.25) is 0 Å². The molecule has 0 radical (unpaired) electrons. The van der Waals surface area contributed by atoms with E-state index in [-0.39, 0.29) is 5.91 Å². The van der Waals surface area contributed by atoms with Crippen LogP contribution in [0.15, 0.2) is 42.5 Å². The van der Waals surface area contributed by atoms with Crippen LogP contribution in [0.25, 0.3) is 10.8 Å². The second-order valence-corrected chi connectivity index (χ2v) is 6.23. The Morgan fingerprint density at radius 2 is 1.58 bits per heavy atom. The quantitative estimate of drug-likeness (QED) is 0.681. The van der Waals surface area contributed by atoms with Crippen LogP contribution in [0.5, 0.6) is 0 Å². The van der Waals surface area contributed by atoms with Crippen molar-refractivity contribution in [2.75, 3.05) is 32.7 Å². The highest BCUT2D eigenvalue weighted by atomic mass is 16.2. The van der Waals surface area contributed by atoms with E-state index in [1.165, 1.54) is 5.39 Å². The monoisotopic (exact) mass is 326 g/mol. The predicted molar refractivity (Wildman–Crippen MR) is 103 cm³/mol. The van der Waals surface area contributed by atoms with Gasteiger partial charge in [0.1, 0.15) is 0 Å². The number of rotatable bonds is 9. The van der Waals surface area contributed by atoms with Gasteiger partial charge in [0, 0.05) is 25.2 Å². The van der Waals surface area contributed by atoms with Crippen LogP contribution in [0.4, 0.5) is 0 Å². The van der Waals surface area contributed by atoms with Gasteiger partial charge in [0.2, 0.25) is 0 Å². The molecule has 24 heavy (non-hydrogen) atoms. The van der Waals surface area contributed by atoms with Gasteiger partial charge in [-0.3, -0.25) is 4.79 Å². The zero-order valence-corrected chi connectivity index (χ0v) is 15.3. The average Bonchev–Trinajstić information content (AvgIpc) is 2.64. The normalized spacial score (nSPS) is 11.2. The molecular formula is C21H30N2O. The van der Waals surface area contributed by atoms with E-state index in [0.29, 0.717) is 0 Å². The van der Waals surface area contributed by atoms with Crippen molar-refractivity contribution in [2.45, 2.75) is 33.6 Å². The molecule has 0 atom stereocenters. The highest BCUT2D eigenvalue weighted by Gasteiger charge is 2.16. The number of carbonyl (C=O) groups is 1. The van der Waals surface area contributed by atoms with Crippen LogP contribution in [-0.2, 0) is 0 Å². The molecule has 0 heterocycles. The Labute approximate surface area is 146 Å². The molecule has 2 aromatic rings. The van der Waals surface area contributed by atoms with Gasteiger partial charge < -0.3 is 9.80 Å². The number of unbranched alkanes of at least 4 members (excludes halogenated alkanes) is 1. The molecule has 1 amide bonds. The average molecular weight is 326 g/mol. The molecule has 0 aliphatic carbocycles. The van der Waals surface area contributed by atoms with Crippen molar-refractivity contribution in [1.29, 1.82) is 0 Å². The van der Waals surface area contributed by atoms with E-state index >= 15 is 0 Å². The largest absolute Gasteiger partial charge is 0.337 e. The summed E-state index contributed by atoms with van der Waals surface area (Å²) >= 11 is 0. The first-order valence-corrected chi connectivity index (χ1v) is 9.20. The Balaban J connectivity index is 2.14. The van der Waals surface area contributed by atoms with Crippen molar-refractivity contribution in [3.05, 3.63) is 48.0 Å². The molecule has 3 nitrogen and oxygen atoms in total. The molecule has 0 N–H and O–H groups in total. The maximum Gasteiger partial charge on any atom is 0.253 e. The lowest BCUT2D eigenvalue weighted by molar-refractivity contribution is 0.0735. The lowest BCUT2D eigenvalue weighted by Gasteiger charge is -2.26. The number of benzene rings is 2. The molecule has 2 aromatic carbocycles. The van der Waals surface area contributed by atoms with E-state index < -0.39 is 0 Å². The molecule has 130 valence electrons. The lowest BCUT2D eigenvalue weighted by atomic mass is 10.1. The summed E-state index contributed by atoms with van der Waals surface area (Å²) in [7, 11) is 0. The summed E-state index contributed by atoms with van der Waals surface area (Å²) in [6.45, 7) is 11.1. The summed E-state index contributed by atoms with van der Waals surface area (Å²) in [5.74, 6) is 0.154. The molecule has 2 rings (SSSR count). The van der Waals surface area contributed by atoms with Gasteiger partial charge in [-0.15, -0.1) is 0 Å². The second kappa shape index (κ2) is 9.43. The van der Waals surface area contributed by atoms with Gasteiger partial charge in [-0.25, -0.2) is 0 Å². The van der Waals surface area contributed by atoms with Crippen molar-refractivity contribution < 1.29 is 4.79 Å². The van der Waals surface area contributed by atoms with Crippen LogP contribution in [0, 0.1) is 0 Å². The van der Waals surface area contributed by atoms with Gasteiger partial charge in [0.25, 0.3) is 5.91 Å². The molecule has 0 saturated carbocycles. The highest BCUT2D eigenvalue weighted by molar-refractivity contribution is 5.98. The highest BCUT2D eigenvalue weighted by Crippen LogP contribution is 2.17. The van der Waals surface area contributed by atoms with Gasteiger partial charge in [-0.2, -0.15) is 0 Å². The zero-order valence-electron chi connectivity index (χ0n) is 15.3. The summed E-state index contributed by atoms with van der Waals surface area (Å²) in [5.41, 5.74) is 0.796. The predicted octanol–water partition coefficient (Wildman–Crippen LogP) is 4.42. The van der Waals surface area contributed by atoms with Crippen molar-refractivity contribution in [3.63, 3.8) is 0 Å². The fourth-order valence-electron chi connectivity index (χ4n) is 2.97. The topological polar surface area (TPSA) is 23.6 Å². The Morgan fingerprint density at radius 1 is 0.875 bits per heavy atom. The third kappa shape index (κ3) is 4.81. The van der Waals surface area contributed by atoms with E-state index in [2.05, 4.69) is 37.8 Å². The summed E-state index contributed by atoms with van der Waals surface area (Å²) < 4.78 is 0. The van der Waals surface area contributed by atoms with Crippen molar-refractivity contribution in [3.8, 4) is 0 Å². The van der Waals surface area contributed by atoms with E-state index in [4.69, 9.17) is 0 Å². The number of nitrogens with zero attached hydrogens (tertiary/aromatic N) is 2. The number of likely N-dealkylation sites (N-methyl/N-ethyl adjacent to an activating group) is 1. The van der Waals surface area contributed by atoms with E-state index in [9.17, 15) is 4.79 Å². The molecule has 3 heteroatoms. The first-order chi connectivity index (χ1) is 11.7. The summed E-state index contributed by atoms with van der Waals surface area (Å²) in [6.07, 6.45) is 2.16. The lowest BCUT2D eigenvalue weighted by Crippen LogP contribution is -2.39.